The minimum absolute atomic E-state index is 0.115. The minimum Gasteiger partial charge on any atom is -0.467 e. The maximum atomic E-state index is 12.5. The lowest BCUT2D eigenvalue weighted by Crippen LogP contribution is -2.46. The summed E-state index contributed by atoms with van der Waals surface area (Å²) in [7, 11) is 1.34. The van der Waals surface area contributed by atoms with Crippen LogP contribution in [0.2, 0.25) is 0 Å². The first-order valence-corrected chi connectivity index (χ1v) is 8.70. The molecule has 3 N–H and O–H groups in total. The monoisotopic (exact) mass is 332 g/mol. The molecule has 5 heteroatoms. The van der Waals surface area contributed by atoms with E-state index in [1.165, 1.54) is 13.5 Å². The van der Waals surface area contributed by atoms with E-state index >= 15 is 0 Å². The molecule has 0 aromatic heterocycles. The Bertz CT molecular complexity index is 539. The fourth-order valence-electron chi connectivity index (χ4n) is 3.53. The number of rotatable bonds is 7. The Balaban J connectivity index is 2.00. The average molecular weight is 332 g/mol. The predicted molar refractivity (Wildman–Crippen MR) is 93.3 cm³/mol. The molecule has 0 aliphatic heterocycles. The SMILES string of the molecule is COC(=O)C(Cc1ccccc1)NC(=O)CC1(CN)CCCCC1. The standard InChI is InChI=1S/C19H28N2O3/c1-24-18(23)16(12-15-8-4-2-5-9-15)21-17(22)13-19(14-20)10-6-3-7-11-19/h2,4-5,8-9,16H,3,6-7,10-14,20H2,1H3,(H,21,22). The highest BCUT2D eigenvalue weighted by Crippen LogP contribution is 2.38. The fraction of sp³-hybridized carbons (Fsp3) is 0.579. The van der Waals surface area contributed by atoms with Gasteiger partial charge < -0.3 is 15.8 Å². The van der Waals surface area contributed by atoms with Gasteiger partial charge in [0.25, 0.3) is 0 Å². The van der Waals surface area contributed by atoms with Gasteiger partial charge in [0.15, 0.2) is 0 Å². The van der Waals surface area contributed by atoms with Gasteiger partial charge in [-0.05, 0) is 30.4 Å². The van der Waals surface area contributed by atoms with Crippen LogP contribution in [0.25, 0.3) is 0 Å². The smallest absolute Gasteiger partial charge is 0.328 e. The molecule has 1 amide bonds. The number of nitrogens with one attached hydrogen (secondary N) is 1. The van der Waals surface area contributed by atoms with Crippen LogP contribution in [0.1, 0.15) is 44.1 Å². The second kappa shape index (κ2) is 8.83. The van der Waals surface area contributed by atoms with E-state index < -0.39 is 12.0 Å². The van der Waals surface area contributed by atoms with Crippen LogP contribution in [0.3, 0.4) is 0 Å². The van der Waals surface area contributed by atoms with Crippen LogP contribution in [0.4, 0.5) is 0 Å². The van der Waals surface area contributed by atoms with Crippen LogP contribution >= 0.6 is 0 Å². The molecule has 0 radical (unpaired) electrons. The number of ether oxygens (including phenoxy) is 1. The highest BCUT2D eigenvalue weighted by molar-refractivity contribution is 5.85. The number of hydrogen-bond acceptors (Lipinski definition) is 4. The van der Waals surface area contributed by atoms with E-state index in [1.807, 2.05) is 30.3 Å². The van der Waals surface area contributed by atoms with Crippen molar-refractivity contribution in [1.82, 2.24) is 5.32 Å². The van der Waals surface area contributed by atoms with Gasteiger partial charge >= 0.3 is 5.97 Å². The van der Waals surface area contributed by atoms with Gasteiger partial charge in [0.2, 0.25) is 5.91 Å². The summed E-state index contributed by atoms with van der Waals surface area (Å²) in [6.07, 6.45) is 6.23. The van der Waals surface area contributed by atoms with Crippen molar-refractivity contribution in [2.24, 2.45) is 11.1 Å². The highest BCUT2D eigenvalue weighted by Gasteiger charge is 2.34. The number of nitrogens with two attached hydrogens (primary N) is 1. The summed E-state index contributed by atoms with van der Waals surface area (Å²) < 4.78 is 4.85. The third kappa shape index (κ3) is 5.06. The van der Waals surface area contributed by atoms with Gasteiger partial charge in [-0.1, -0.05) is 49.6 Å². The number of amides is 1. The van der Waals surface area contributed by atoms with Gasteiger partial charge in [-0.15, -0.1) is 0 Å². The topological polar surface area (TPSA) is 81.4 Å². The van der Waals surface area contributed by atoms with E-state index in [0.717, 1.165) is 31.2 Å². The Labute approximate surface area is 143 Å². The molecule has 1 aliphatic carbocycles. The molecule has 1 aliphatic rings. The third-order valence-corrected chi connectivity index (χ3v) is 4.99. The van der Waals surface area contributed by atoms with Crippen LogP contribution in [0, 0.1) is 5.41 Å². The Kier molecular flexibility index (Phi) is 6.79. The zero-order chi connectivity index (χ0) is 17.4. The molecule has 1 aromatic carbocycles. The lowest BCUT2D eigenvalue weighted by Gasteiger charge is -2.36. The molecule has 0 spiro atoms. The van der Waals surface area contributed by atoms with Gasteiger partial charge in [-0.2, -0.15) is 0 Å². The van der Waals surface area contributed by atoms with Crippen molar-refractivity contribution in [2.75, 3.05) is 13.7 Å². The van der Waals surface area contributed by atoms with Gasteiger partial charge in [0.1, 0.15) is 6.04 Å². The summed E-state index contributed by atoms with van der Waals surface area (Å²) in [6, 6.07) is 8.95. The van der Waals surface area contributed by atoms with Crippen LogP contribution in [0.5, 0.6) is 0 Å². The molecule has 0 heterocycles. The lowest BCUT2D eigenvalue weighted by atomic mass is 9.71. The molecule has 1 fully saturated rings. The molecular weight excluding hydrogens is 304 g/mol. The van der Waals surface area contributed by atoms with Gasteiger partial charge in [-0.3, -0.25) is 4.79 Å². The average Bonchev–Trinajstić information content (AvgIpc) is 2.62. The van der Waals surface area contributed by atoms with Crippen molar-refractivity contribution >= 4 is 11.9 Å². The van der Waals surface area contributed by atoms with Gasteiger partial charge in [-0.25, -0.2) is 4.79 Å². The van der Waals surface area contributed by atoms with E-state index in [2.05, 4.69) is 5.32 Å². The first-order chi connectivity index (χ1) is 11.6. The van der Waals surface area contributed by atoms with Crippen molar-refractivity contribution in [3.63, 3.8) is 0 Å². The minimum atomic E-state index is -0.664. The summed E-state index contributed by atoms with van der Waals surface area (Å²) in [6.45, 7) is 0.516. The normalized spacial score (nSPS) is 17.8. The zero-order valence-corrected chi connectivity index (χ0v) is 14.4. The second-order valence-electron chi connectivity index (χ2n) is 6.77. The summed E-state index contributed by atoms with van der Waals surface area (Å²) >= 11 is 0. The van der Waals surface area contributed by atoms with Crippen molar-refractivity contribution in [2.45, 2.75) is 51.0 Å². The first kappa shape index (κ1) is 18.5. The lowest BCUT2D eigenvalue weighted by molar-refractivity contribution is -0.145. The molecule has 24 heavy (non-hydrogen) atoms. The molecule has 132 valence electrons. The second-order valence-corrected chi connectivity index (χ2v) is 6.77. The number of carbonyl (C=O) groups is 2. The van der Waals surface area contributed by atoms with Gasteiger partial charge in [0, 0.05) is 12.8 Å². The summed E-state index contributed by atoms with van der Waals surface area (Å²) in [5.74, 6) is -0.536. The van der Waals surface area contributed by atoms with Crippen molar-refractivity contribution in [3.05, 3.63) is 35.9 Å². The summed E-state index contributed by atoms with van der Waals surface area (Å²) in [5, 5.41) is 2.85. The Hall–Kier alpha value is -1.88. The molecule has 1 aromatic rings. The van der Waals surface area contributed by atoms with Crippen molar-refractivity contribution < 1.29 is 14.3 Å². The number of carbonyl (C=O) groups excluding carboxylic acids is 2. The number of methoxy groups -OCH3 is 1. The Morgan fingerprint density at radius 3 is 2.46 bits per heavy atom. The van der Waals surface area contributed by atoms with Gasteiger partial charge in [0.05, 0.1) is 7.11 Å². The molecule has 5 nitrogen and oxygen atoms in total. The largest absolute Gasteiger partial charge is 0.467 e. The van der Waals surface area contributed by atoms with E-state index in [0.29, 0.717) is 19.4 Å². The maximum absolute atomic E-state index is 12.5. The summed E-state index contributed by atoms with van der Waals surface area (Å²) in [5.41, 5.74) is 6.83. The highest BCUT2D eigenvalue weighted by atomic mass is 16.5. The number of esters is 1. The molecule has 1 unspecified atom stereocenters. The first-order valence-electron chi connectivity index (χ1n) is 8.70. The maximum Gasteiger partial charge on any atom is 0.328 e. The van der Waals surface area contributed by atoms with E-state index in [4.69, 9.17) is 10.5 Å². The van der Waals surface area contributed by atoms with E-state index in [9.17, 15) is 9.59 Å². The third-order valence-electron chi connectivity index (χ3n) is 4.99. The molecule has 0 saturated heterocycles. The van der Waals surface area contributed by atoms with Crippen LogP contribution in [-0.2, 0) is 20.7 Å². The van der Waals surface area contributed by atoms with Crippen LogP contribution < -0.4 is 11.1 Å². The Morgan fingerprint density at radius 1 is 1.21 bits per heavy atom. The van der Waals surface area contributed by atoms with Crippen LogP contribution in [-0.4, -0.2) is 31.6 Å². The molecule has 1 saturated carbocycles. The zero-order valence-electron chi connectivity index (χ0n) is 14.4. The van der Waals surface area contributed by atoms with Crippen molar-refractivity contribution in [3.8, 4) is 0 Å². The van der Waals surface area contributed by atoms with Crippen LogP contribution in [0.15, 0.2) is 30.3 Å². The molecular formula is C19H28N2O3. The molecule has 1 atom stereocenters. The van der Waals surface area contributed by atoms with E-state index in [1.54, 1.807) is 0 Å². The van der Waals surface area contributed by atoms with E-state index in [-0.39, 0.29) is 11.3 Å². The number of benzene rings is 1. The Morgan fingerprint density at radius 2 is 1.88 bits per heavy atom. The molecule has 2 rings (SSSR count). The van der Waals surface area contributed by atoms with Crippen molar-refractivity contribution in [1.29, 1.82) is 0 Å². The predicted octanol–water partition coefficient (Wildman–Crippen LogP) is 2.19. The number of hydrogen-bond donors (Lipinski definition) is 2. The summed E-state index contributed by atoms with van der Waals surface area (Å²) in [4.78, 5) is 24.6. The quantitative estimate of drug-likeness (QED) is 0.750. The fourth-order valence-corrected chi connectivity index (χ4v) is 3.53. The molecule has 0 bridgehead atoms.